The Bertz CT molecular complexity index is 115. The van der Waals surface area contributed by atoms with E-state index in [4.69, 9.17) is 0 Å². The van der Waals surface area contributed by atoms with Gasteiger partial charge in [0.15, 0.2) is 0 Å². The standard InChI is InChI=1S/C9H18IN/c1-8(10)9(2)4-3-6-11-7-5-9/h8,11H,3-7H2,1-2H3. The van der Waals surface area contributed by atoms with Crippen molar-refractivity contribution in [3.05, 3.63) is 0 Å². The van der Waals surface area contributed by atoms with Gasteiger partial charge < -0.3 is 5.32 Å². The van der Waals surface area contributed by atoms with Crippen LogP contribution in [0, 0.1) is 5.41 Å². The van der Waals surface area contributed by atoms with Gasteiger partial charge in [-0.2, -0.15) is 0 Å². The second-order valence-corrected chi connectivity index (χ2v) is 5.74. The second-order valence-electron chi connectivity index (χ2n) is 3.87. The van der Waals surface area contributed by atoms with Crippen molar-refractivity contribution >= 4 is 22.6 Å². The minimum absolute atomic E-state index is 0.587. The molecule has 1 nitrogen and oxygen atoms in total. The average molecular weight is 267 g/mol. The van der Waals surface area contributed by atoms with Gasteiger partial charge in [-0.15, -0.1) is 0 Å². The SMILES string of the molecule is CC(I)C1(C)CCCNCC1. The Morgan fingerprint density at radius 1 is 1.36 bits per heavy atom. The lowest BCUT2D eigenvalue weighted by Gasteiger charge is -2.30. The van der Waals surface area contributed by atoms with E-state index in [1.807, 2.05) is 0 Å². The van der Waals surface area contributed by atoms with Gasteiger partial charge >= 0.3 is 0 Å². The van der Waals surface area contributed by atoms with E-state index in [2.05, 4.69) is 41.8 Å². The van der Waals surface area contributed by atoms with E-state index < -0.39 is 0 Å². The summed E-state index contributed by atoms with van der Waals surface area (Å²) in [4.78, 5) is 0. The molecule has 0 saturated carbocycles. The van der Waals surface area contributed by atoms with Crippen LogP contribution in [0.25, 0.3) is 0 Å². The first-order chi connectivity index (χ1) is 5.15. The summed E-state index contributed by atoms with van der Waals surface area (Å²) in [6.45, 7) is 7.20. The number of nitrogens with one attached hydrogen (secondary N) is 1. The maximum atomic E-state index is 3.45. The zero-order valence-corrected chi connectivity index (χ0v) is 9.65. The van der Waals surface area contributed by atoms with E-state index in [1.165, 1.54) is 32.4 Å². The van der Waals surface area contributed by atoms with Crippen molar-refractivity contribution in [2.24, 2.45) is 5.41 Å². The molecule has 1 rings (SSSR count). The highest BCUT2D eigenvalue weighted by atomic mass is 127. The van der Waals surface area contributed by atoms with E-state index in [1.54, 1.807) is 0 Å². The van der Waals surface area contributed by atoms with E-state index in [0.717, 1.165) is 3.92 Å². The minimum atomic E-state index is 0.587. The summed E-state index contributed by atoms with van der Waals surface area (Å²) >= 11 is 2.57. The van der Waals surface area contributed by atoms with Gasteiger partial charge in [0.05, 0.1) is 0 Å². The van der Waals surface area contributed by atoms with Gasteiger partial charge in [-0.05, 0) is 37.8 Å². The third kappa shape index (κ3) is 2.58. The summed E-state index contributed by atoms with van der Waals surface area (Å²) in [6, 6.07) is 0. The molecule has 1 aliphatic rings. The molecule has 0 aromatic carbocycles. The highest BCUT2D eigenvalue weighted by molar-refractivity contribution is 14.1. The van der Waals surface area contributed by atoms with Gasteiger partial charge in [0, 0.05) is 3.92 Å². The van der Waals surface area contributed by atoms with Crippen molar-refractivity contribution in [1.29, 1.82) is 0 Å². The number of alkyl halides is 1. The predicted molar refractivity (Wildman–Crippen MR) is 58.3 cm³/mol. The van der Waals surface area contributed by atoms with Crippen molar-refractivity contribution in [2.75, 3.05) is 13.1 Å². The van der Waals surface area contributed by atoms with Gasteiger partial charge in [-0.3, -0.25) is 0 Å². The largest absolute Gasteiger partial charge is 0.317 e. The van der Waals surface area contributed by atoms with E-state index in [-0.39, 0.29) is 0 Å². The van der Waals surface area contributed by atoms with Crippen LogP contribution < -0.4 is 5.32 Å². The molecule has 0 amide bonds. The first-order valence-electron chi connectivity index (χ1n) is 4.50. The van der Waals surface area contributed by atoms with E-state index in [9.17, 15) is 0 Å². The lowest BCUT2D eigenvalue weighted by atomic mass is 9.80. The predicted octanol–water partition coefficient (Wildman–Crippen LogP) is 2.59. The number of hydrogen-bond acceptors (Lipinski definition) is 1. The molecule has 1 N–H and O–H groups in total. The lowest BCUT2D eigenvalue weighted by molar-refractivity contribution is 0.293. The van der Waals surface area contributed by atoms with E-state index in [0.29, 0.717) is 5.41 Å². The molecule has 66 valence electrons. The van der Waals surface area contributed by atoms with Gasteiger partial charge in [-0.1, -0.05) is 36.4 Å². The van der Waals surface area contributed by atoms with Crippen molar-refractivity contribution in [1.82, 2.24) is 5.32 Å². The molecular formula is C9H18IN. The van der Waals surface area contributed by atoms with Crippen LogP contribution in [0.3, 0.4) is 0 Å². The van der Waals surface area contributed by atoms with Gasteiger partial charge in [-0.25, -0.2) is 0 Å². The molecule has 2 unspecified atom stereocenters. The van der Waals surface area contributed by atoms with Gasteiger partial charge in [0.25, 0.3) is 0 Å². The van der Waals surface area contributed by atoms with Crippen molar-refractivity contribution in [2.45, 2.75) is 37.0 Å². The maximum absolute atomic E-state index is 3.45. The zero-order valence-electron chi connectivity index (χ0n) is 7.49. The van der Waals surface area contributed by atoms with Crippen molar-refractivity contribution < 1.29 is 0 Å². The lowest BCUT2D eigenvalue weighted by Crippen LogP contribution is -2.26. The highest BCUT2D eigenvalue weighted by Gasteiger charge is 2.29. The Kier molecular flexibility index (Phi) is 3.62. The topological polar surface area (TPSA) is 12.0 Å². The van der Waals surface area contributed by atoms with Crippen molar-refractivity contribution in [3.63, 3.8) is 0 Å². The van der Waals surface area contributed by atoms with Gasteiger partial charge in [0.2, 0.25) is 0 Å². The summed E-state index contributed by atoms with van der Waals surface area (Å²) in [5.41, 5.74) is 0.587. The molecule has 1 saturated heterocycles. The molecule has 1 heterocycles. The molecule has 2 heteroatoms. The quantitative estimate of drug-likeness (QED) is 0.569. The Morgan fingerprint density at radius 2 is 2.09 bits per heavy atom. The monoisotopic (exact) mass is 267 g/mol. The average Bonchev–Trinajstić information content (AvgIpc) is 2.15. The van der Waals surface area contributed by atoms with Crippen LogP contribution in [-0.4, -0.2) is 17.0 Å². The smallest absolute Gasteiger partial charge is 0.0136 e. The van der Waals surface area contributed by atoms with Crippen molar-refractivity contribution in [3.8, 4) is 0 Å². The van der Waals surface area contributed by atoms with Gasteiger partial charge in [0.1, 0.15) is 0 Å². The van der Waals surface area contributed by atoms with Crippen LogP contribution in [0.5, 0.6) is 0 Å². The van der Waals surface area contributed by atoms with Crippen LogP contribution in [0.4, 0.5) is 0 Å². The molecule has 0 aromatic rings. The summed E-state index contributed by atoms with van der Waals surface area (Å²) in [6.07, 6.45) is 4.09. The normalized spacial score (nSPS) is 36.3. The molecule has 11 heavy (non-hydrogen) atoms. The Morgan fingerprint density at radius 3 is 2.73 bits per heavy atom. The fourth-order valence-electron chi connectivity index (χ4n) is 1.64. The van der Waals surface area contributed by atoms with Crippen LogP contribution in [0.2, 0.25) is 0 Å². The van der Waals surface area contributed by atoms with Crippen LogP contribution >= 0.6 is 22.6 Å². The Hall–Kier alpha value is 0.690. The van der Waals surface area contributed by atoms with Crippen LogP contribution in [-0.2, 0) is 0 Å². The first kappa shape index (κ1) is 9.78. The summed E-state index contributed by atoms with van der Waals surface area (Å²) < 4.78 is 0.806. The first-order valence-corrected chi connectivity index (χ1v) is 5.74. The zero-order chi connectivity index (χ0) is 8.32. The summed E-state index contributed by atoms with van der Waals surface area (Å²) in [7, 11) is 0. The molecule has 0 spiro atoms. The molecule has 1 aliphatic heterocycles. The molecule has 0 radical (unpaired) electrons. The summed E-state index contributed by atoms with van der Waals surface area (Å²) in [5.74, 6) is 0. The van der Waals surface area contributed by atoms with Crippen LogP contribution in [0.15, 0.2) is 0 Å². The Labute approximate surface area is 83.5 Å². The molecule has 0 aromatic heterocycles. The maximum Gasteiger partial charge on any atom is 0.0136 e. The Balaban J connectivity index is 2.52. The number of halogens is 1. The summed E-state index contributed by atoms with van der Waals surface area (Å²) in [5, 5.41) is 3.45. The third-order valence-corrected chi connectivity index (χ3v) is 4.44. The second kappa shape index (κ2) is 4.08. The molecule has 1 fully saturated rings. The third-order valence-electron chi connectivity index (χ3n) is 2.93. The highest BCUT2D eigenvalue weighted by Crippen LogP contribution is 2.36. The van der Waals surface area contributed by atoms with Crippen LogP contribution in [0.1, 0.15) is 33.1 Å². The molecule has 0 aliphatic carbocycles. The molecule has 2 atom stereocenters. The molecule has 0 bridgehead atoms. The van der Waals surface area contributed by atoms with E-state index >= 15 is 0 Å². The number of rotatable bonds is 1. The minimum Gasteiger partial charge on any atom is -0.317 e. The number of hydrogen-bond donors (Lipinski definition) is 1. The fourth-order valence-corrected chi connectivity index (χ4v) is 2.26. The molecular weight excluding hydrogens is 249 g/mol. The fraction of sp³-hybridized carbons (Fsp3) is 1.00.